The van der Waals surface area contributed by atoms with Gasteiger partial charge in [-0.2, -0.15) is 10.4 Å². The number of rotatable bonds is 4. The zero-order chi connectivity index (χ0) is 18.9. The number of hydrogen-bond donors (Lipinski definition) is 0. The summed E-state index contributed by atoms with van der Waals surface area (Å²) in [7, 11) is -1.77. The summed E-state index contributed by atoms with van der Waals surface area (Å²) >= 11 is 6.07. The summed E-state index contributed by atoms with van der Waals surface area (Å²) in [6.45, 7) is 0. The van der Waals surface area contributed by atoms with Crippen LogP contribution in [0.2, 0.25) is 5.02 Å². The van der Waals surface area contributed by atoms with Crippen LogP contribution in [-0.2, 0) is 9.84 Å². The number of sulfone groups is 1. The Hall–Kier alpha value is -2.82. The lowest BCUT2D eigenvalue weighted by Gasteiger charge is -2.10. The van der Waals surface area contributed by atoms with Crippen LogP contribution in [-0.4, -0.2) is 31.6 Å². The average molecular weight is 388 g/mol. The smallest absolute Gasteiger partial charge is 0.175 e. The summed E-state index contributed by atoms with van der Waals surface area (Å²) in [6.07, 6.45) is 1.15. The third-order valence-electron chi connectivity index (χ3n) is 3.78. The first-order valence-electron chi connectivity index (χ1n) is 7.48. The van der Waals surface area contributed by atoms with Crippen LogP contribution < -0.4 is 4.74 Å². The SMILES string of the molecule is COc1cc(-n2nc(C#N)cc2-c2ccc(S(C)(=O)=O)cc2)ccc1Cl. The number of nitrogens with zero attached hydrogens (tertiary/aromatic N) is 3. The lowest BCUT2D eigenvalue weighted by molar-refractivity contribution is 0.414. The molecule has 3 rings (SSSR count). The van der Waals surface area contributed by atoms with Gasteiger partial charge in [-0.25, -0.2) is 13.1 Å². The zero-order valence-corrected chi connectivity index (χ0v) is 15.5. The van der Waals surface area contributed by atoms with Crippen LogP contribution in [0.25, 0.3) is 16.9 Å². The van der Waals surface area contributed by atoms with Crippen LogP contribution in [0.1, 0.15) is 5.69 Å². The van der Waals surface area contributed by atoms with Crippen molar-refractivity contribution in [3.8, 4) is 28.8 Å². The van der Waals surface area contributed by atoms with E-state index < -0.39 is 9.84 Å². The molecule has 0 saturated heterocycles. The maximum atomic E-state index is 11.6. The largest absolute Gasteiger partial charge is 0.495 e. The van der Waals surface area contributed by atoms with Crippen molar-refractivity contribution in [2.75, 3.05) is 13.4 Å². The van der Waals surface area contributed by atoms with Crippen molar-refractivity contribution in [2.45, 2.75) is 4.90 Å². The van der Waals surface area contributed by atoms with Crippen LogP contribution in [0.4, 0.5) is 0 Å². The van der Waals surface area contributed by atoms with E-state index in [2.05, 4.69) is 5.10 Å². The summed E-state index contributed by atoms with van der Waals surface area (Å²) in [5, 5.41) is 14.0. The number of aromatic nitrogens is 2. The molecule has 2 aromatic carbocycles. The summed E-state index contributed by atoms with van der Waals surface area (Å²) < 4.78 is 30.1. The van der Waals surface area contributed by atoms with Gasteiger partial charge in [-0.1, -0.05) is 23.7 Å². The summed E-state index contributed by atoms with van der Waals surface area (Å²) in [6, 6.07) is 15.2. The Morgan fingerprint density at radius 2 is 1.85 bits per heavy atom. The average Bonchev–Trinajstić information content (AvgIpc) is 3.06. The normalized spacial score (nSPS) is 11.2. The summed E-state index contributed by atoms with van der Waals surface area (Å²) in [5.41, 5.74) is 2.27. The van der Waals surface area contributed by atoms with Crippen molar-refractivity contribution >= 4 is 21.4 Å². The van der Waals surface area contributed by atoms with Crippen molar-refractivity contribution in [2.24, 2.45) is 0 Å². The Kier molecular flexibility index (Phi) is 4.72. The van der Waals surface area contributed by atoms with E-state index in [1.807, 2.05) is 6.07 Å². The van der Waals surface area contributed by atoms with Gasteiger partial charge >= 0.3 is 0 Å². The van der Waals surface area contributed by atoms with E-state index in [1.165, 1.54) is 19.2 Å². The predicted molar refractivity (Wildman–Crippen MR) is 98.4 cm³/mol. The monoisotopic (exact) mass is 387 g/mol. The molecule has 0 bridgehead atoms. The molecule has 6 nitrogen and oxygen atoms in total. The molecule has 0 fully saturated rings. The van der Waals surface area contributed by atoms with Crippen LogP contribution >= 0.6 is 11.6 Å². The van der Waals surface area contributed by atoms with Crippen molar-refractivity contribution in [1.82, 2.24) is 9.78 Å². The van der Waals surface area contributed by atoms with Gasteiger partial charge in [0, 0.05) is 24.0 Å². The third kappa shape index (κ3) is 3.43. The second-order valence-corrected chi connectivity index (χ2v) is 7.98. The maximum absolute atomic E-state index is 11.6. The standard InChI is InChI=1S/C18H14ClN3O3S/c1-25-18-10-14(5-8-16(18)19)22-17(9-13(11-20)21-22)12-3-6-15(7-4-12)26(2,23)24/h3-10H,1-2H3. The van der Waals surface area contributed by atoms with Crippen LogP contribution in [0.15, 0.2) is 53.4 Å². The second-order valence-electron chi connectivity index (χ2n) is 5.55. The van der Waals surface area contributed by atoms with E-state index in [0.29, 0.717) is 22.2 Å². The second kappa shape index (κ2) is 6.83. The minimum absolute atomic E-state index is 0.223. The first-order valence-corrected chi connectivity index (χ1v) is 9.75. The lowest BCUT2D eigenvalue weighted by Crippen LogP contribution is -2.01. The summed E-state index contributed by atoms with van der Waals surface area (Å²) in [5.74, 6) is 0.483. The number of nitriles is 1. The molecule has 0 aliphatic carbocycles. The van der Waals surface area contributed by atoms with E-state index in [9.17, 15) is 13.7 Å². The summed E-state index contributed by atoms with van der Waals surface area (Å²) in [4.78, 5) is 0.223. The van der Waals surface area contributed by atoms with E-state index in [1.54, 1.807) is 41.1 Å². The van der Waals surface area contributed by atoms with Crippen LogP contribution in [0.5, 0.6) is 5.75 Å². The molecule has 0 N–H and O–H groups in total. The van der Waals surface area contributed by atoms with Crippen LogP contribution in [0.3, 0.4) is 0 Å². The molecule has 0 amide bonds. The molecular weight excluding hydrogens is 374 g/mol. The molecule has 0 aliphatic rings. The van der Waals surface area contributed by atoms with Gasteiger partial charge in [-0.15, -0.1) is 0 Å². The van der Waals surface area contributed by atoms with Gasteiger partial charge in [0.05, 0.1) is 28.4 Å². The van der Waals surface area contributed by atoms with Gasteiger partial charge in [0.25, 0.3) is 0 Å². The molecule has 1 heterocycles. The molecule has 3 aromatic rings. The highest BCUT2D eigenvalue weighted by Gasteiger charge is 2.14. The highest BCUT2D eigenvalue weighted by molar-refractivity contribution is 7.90. The van der Waals surface area contributed by atoms with Crippen molar-refractivity contribution in [1.29, 1.82) is 5.26 Å². The number of methoxy groups -OCH3 is 1. The number of halogens is 1. The molecule has 132 valence electrons. The van der Waals surface area contributed by atoms with Crippen LogP contribution in [0, 0.1) is 11.3 Å². The van der Waals surface area contributed by atoms with Gasteiger partial charge in [0.1, 0.15) is 11.8 Å². The fourth-order valence-electron chi connectivity index (χ4n) is 2.49. The molecule has 0 saturated carbocycles. The molecule has 0 unspecified atom stereocenters. The number of ether oxygens (including phenoxy) is 1. The van der Waals surface area contributed by atoms with Gasteiger partial charge < -0.3 is 4.74 Å². The van der Waals surface area contributed by atoms with E-state index in [-0.39, 0.29) is 10.6 Å². The zero-order valence-electron chi connectivity index (χ0n) is 14.0. The topological polar surface area (TPSA) is 85.0 Å². The van der Waals surface area contributed by atoms with Gasteiger partial charge in [0.15, 0.2) is 15.5 Å². The minimum atomic E-state index is -3.28. The fraction of sp³-hybridized carbons (Fsp3) is 0.111. The quantitative estimate of drug-likeness (QED) is 0.684. The molecule has 0 radical (unpaired) electrons. The number of hydrogen-bond acceptors (Lipinski definition) is 5. The Labute approximate surface area is 156 Å². The predicted octanol–water partition coefficient (Wildman–Crippen LogP) is 3.48. The highest BCUT2D eigenvalue weighted by atomic mass is 35.5. The minimum Gasteiger partial charge on any atom is -0.495 e. The molecule has 26 heavy (non-hydrogen) atoms. The molecule has 0 aliphatic heterocycles. The highest BCUT2D eigenvalue weighted by Crippen LogP contribution is 2.30. The molecule has 8 heteroatoms. The third-order valence-corrected chi connectivity index (χ3v) is 5.22. The Balaban J connectivity index is 2.15. The lowest BCUT2D eigenvalue weighted by atomic mass is 10.1. The molecule has 0 spiro atoms. The Morgan fingerprint density at radius 1 is 1.15 bits per heavy atom. The first kappa shape index (κ1) is 18.0. The van der Waals surface area contributed by atoms with E-state index >= 15 is 0 Å². The van der Waals surface area contributed by atoms with Gasteiger partial charge in [-0.3, -0.25) is 0 Å². The van der Waals surface area contributed by atoms with Gasteiger partial charge in [-0.05, 0) is 24.3 Å². The van der Waals surface area contributed by atoms with Gasteiger partial charge in [0.2, 0.25) is 0 Å². The maximum Gasteiger partial charge on any atom is 0.175 e. The fourth-order valence-corrected chi connectivity index (χ4v) is 3.32. The Bertz CT molecular complexity index is 1110. The molecule has 1 aromatic heterocycles. The van der Waals surface area contributed by atoms with Crippen molar-refractivity contribution in [3.63, 3.8) is 0 Å². The van der Waals surface area contributed by atoms with Crippen molar-refractivity contribution in [3.05, 3.63) is 59.2 Å². The van der Waals surface area contributed by atoms with E-state index in [4.69, 9.17) is 16.3 Å². The van der Waals surface area contributed by atoms with Crippen molar-refractivity contribution < 1.29 is 13.2 Å². The molecular formula is C18H14ClN3O3S. The Morgan fingerprint density at radius 3 is 2.42 bits per heavy atom. The van der Waals surface area contributed by atoms with E-state index in [0.717, 1.165) is 11.8 Å². The first-order chi connectivity index (χ1) is 12.3. The number of benzene rings is 2. The molecule has 0 atom stereocenters.